The lowest BCUT2D eigenvalue weighted by Crippen LogP contribution is -2.56. The summed E-state index contributed by atoms with van der Waals surface area (Å²) >= 11 is 0. The first-order valence-corrected chi connectivity index (χ1v) is 10.2. The van der Waals surface area contributed by atoms with E-state index >= 15 is 0 Å². The Morgan fingerprint density at radius 3 is 2.55 bits per heavy atom. The molecule has 0 aromatic carbocycles. The van der Waals surface area contributed by atoms with Crippen LogP contribution in [-0.2, 0) is 16.6 Å². The minimum atomic E-state index is -0.658. The number of carbonyl (C=O) groups is 2. The molecule has 0 unspecified atom stereocenters. The number of hydrogen-bond acceptors (Lipinski definition) is 7. The van der Waals surface area contributed by atoms with Gasteiger partial charge >= 0.3 is 6.01 Å². The van der Waals surface area contributed by atoms with E-state index in [1.165, 1.54) is 11.8 Å². The van der Waals surface area contributed by atoms with Crippen LogP contribution in [0.4, 0.5) is 0 Å². The van der Waals surface area contributed by atoms with Gasteiger partial charge in [-0.05, 0) is 13.8 Å². The third-order valence-electron chi connectivity index (χ3n) is 6.52. The summed E-state index contributed by atoms with van der Waals surface area (Å²) in [5.74, 6) is -0.0496. The number of ether oxygens (including phenoxy) is 2. The molecule has 4 rings (SSSR count). The average molecular weight is 406 g/mol. The Kier molecular flexibility index (Phi) is 5.24. The van der Waals surface area contributed by atoms with E-state index in [0.717, 1.165) is 26.2 Å². The van der Waals surface area contributed by atoms with Crippen molar-refractivity contribution < 1.29 is 19.1 Å². The molecule has 10 heteroatoms. The highest BCUT2D eigenvalue weighted by atomic mass is 16.5. The molecule has 2 atom stereocenters. The van der Waals surface area contributed by atoms with Gasteiger partial charge in [-0.3, -0.25) is 14.5 Å². The number of carbonyl (C=O) groups excluding carboxylic acids is 2. The number of amides is 2. The first kappa shape index (κ1) is 20.1. The molecule has 1 aromatic rings. The molecule has 0 aliphatic carbocycles. The van der Waals surface area contributed by atoms with E-state index in [2.05, 4.69) is 28.8 Å². The molecule has 3 aliphatic rings. The largest absolute Gasteiger partial charge is 0.467 e. The zero-order valence-electron chi connectivity index (χ0n) is 17.6. The summed E-state index contributed by atoms with van der Waals surface area (Å²) in [6.07, 6.45) is 0. The fraction of sp³-hybridized carbons (Fsp3) is 0.789. The Hall–Kier alpha value is -2.20. The predicted octanol–water partition coefficient (Wildman–Crippen LogP) is -0.535. The lowest BCUT2D eigenvalue weighted by atomic mass is 9.79. The number of nitrogens with zero attached hydrogens (tertiary/aromatic N) is 6. The van der Waals surface area contributed by atoms with Crippen LogP contribution in [0, 0.1) is 11.3 Å². The Labute approximate surface area is 170 Å². The number of methoxy groups -OCH3 is 1. The molecule has 29 heavy (non-hydrogen) atoms. The number of piperazine rings is 1. The van der Waals surface area contributed by atoms with E-state index in [0.29, 0.717) is 32.3 Å². The minimum absolute atomic E-state index is 0.00712. The normalized spacial score (nSPS) is 27.6. The summed E-state index contributed by atoms with van der Waals surface area (Å²) in [6.45, 7) is 9.26. The molecule has 0 radical (unpaired) electrons. The second kappa shape index (κ2) is 7.56. The molecule has 1 aromatic heterocycles. The third kappa shape index (κ3) is 3.38. The van der Waals surface area contributed by atoms with Crippen molar-refractivity contribution >= 4 is 11.8 Å². The number of aryl methyl sites for hydroxylation is 1. The van der Waals surface area contributed by atoms with Gasteiger partial charge in [0.1, 0.15) is 0 Å². The van der Waals surface area contributed by atoms with Gasteiger partial charge in [-0.15, -0.1) is 5.10 Å². The van der Waals surface area contributed by atoms with E-state index in [-0.39, 0.29) is 29.6 Å². The van der Waals surface area contributed by atoms with Gasteiger partial charge in [0.2, 0.25) is 11.7 Å². The molecule has 0 bridgehead atoms. The van der Waals surface area contributed by atoms with Gasteiger partial charge in [0.05, 0.1) is 25.7 Å². The standard InChI is InChI=1S/C19H30N6O4/c1-13(2)23-5-7-24(8-6-23)17(27)19-11-25(9-14(19)10-29-12-19)16(26)15-20-18(28-4)22(3)21-15/h13-14H,5-12H2,1-4H3/t14-,19-/m0/s1. The van der Waals surface area contributed by atoms with Crippen LogP contribution in [0.1, 0.15) is 24.5 Å². The van der Waals surface area contributed by atoms with Crippen molar-refractivity contribution in [1.29, 1.82) is 0 Å². The summed E-state index contributed by atoms with van der Waals surface area (Å²) in [5.41, 5.74) is -0.658. The average Bonchev–Trinajstić information content (AvgIpc) is 3.39. The molecule has 0 saturated carbocycles. The van der Waals surface area contributed by atoms with E-state index in [9.17, 15) is 9.59 Å². The number of likely N-dealkylation sites (tertiary alicyclic amines) is 1. The van der Waals surface area contributed by atoms with Crippen molar-refractivity contribution in [2.45, 2.75) is 19.9 Å². The highest BCUT2D eigenvalue weighted by Crippen LogP contribution is 2.43. The van der Waals surface area contributed by atoms with Crippen LogP contribution in [0.5, 0.6) is 6.01 Å². The quantitative estimate of drug-likeness (QED) is 0.663. The van der Waals surface area contributed by atoms with Crippen LogP contribution < -0.4 is 4.74 Å². The van der Waals surface area contributed by atoms with Gasteiger partial charge in [-0.25, -0.2) is 4.68 Å². The highest BCUT2D eigenvalue weighted by Gasteiger charge is 2.58. The molecular formula is C19H30N6O4. The van der Waals surface area contributed by atoms with Crippen molar-refractivity contribution in [2.75, 3.05) is 59.6 Å². The Morgan fingerprint density at radius 1 is 1.21 bits per heavy atom. The predicted molar refractivity (Wildman–Crippen MR) is 103 cm³/mol. The van der Waals surface area contributed by atoms with Crippen LogP contribution in [-0.4, -0.2) is 107 Å². The van der Waals surface area contributed by atoms with Gasteiger partial charge < -0.3 is 19.3 Å². The summed E-state index contributed by atoms with van der Waals surface area (Å²) in [5, 5.41) is 4.16. The van der Waals surface area contributed by atoms with Crippen molar-refractivity contribution in [3.05, 3.63) is 5.82 Å². The summed E-state index contributed by atoms with van der Waals surface area (Å²) in [4.78, 5) is 36.7. The molecular weight excluding hydrogens is 376 g/mol. The lowest BCUT2D eigenvalue weighted by Gasteiger charge is -2.40. The maximum absolute atomic E-state index is 13.5. The van der Waals surface area contributed by atoms with Crippen LogP contribution >= 0.6 is 0 Å². The monoisotopic (exact) mass is 406 g/mol. The molecule has 0 spiro atoms. The van der Waals surface area contributed by atoms with E-state index in [1.807, 2.05) is 4.90 Å². The molecule has 10 nitrogen and oxygen atoms in total. The molecule has 3 fully saturated rings. The molecule has 160 valence electrons. The number of aromatic nitrogens is 3. The molecule has 4 heterocycles. The Morgan fingerprint density at radius 2 is 1.93 bits per heavy atom. The first-order chi connectivity index (χ1) is 13.9. The van der Waals surface area contributed by atoms with Gasteiger partial charge in [0.15, 0.2) is 0 Å². The zero-order valence-corrected chi connectivity index (χ0v) is 17.6. The lowest BCUT2D eigenvalue weighted by molar-refractivity contribution is -0.144. The van der Waals surface area contributed by atoms with Crippen molar-refractivity contribution in [1.82, 2.24) is 29.5 Å². The topological polar surface area (TPSA) is 93.0 Å². The Bertz CT molecular complexity index is 788. The van der Waals surface area contributed by atoms with Gasteiger partial charge in [-0.1, -0.05) is 0 Å². The smallest absolute Gasteiger partial charge is 0.314 e. The van der Waals surface area contributed by atoms with Gasteiger partial charge in [-0.2, -0.15) is 4.98 Å². The molecule has 2 amide bonds. The maximum Gasteiger partial charge on any atom is 0.314 e. The molecule has 3 aliphatic heterocycles. The van der Waals surface area contributed by atoms with Crippen LogP contribution in [0.3, 0.4) is 0 Å². The van der Waals surface area contributed by atoms with Crippen molar-refractivity contribution in [3.63, 3.8) is 0 Å². The van der Waals surface area contributed by atoms with Crippen LogP contribution in [0.25, 0.3) is 0 Å². The maximum atomic E-state index is 13.5. The van der Waals surface area contributed by atoms with Gasteiger partial charge in [0.25, 0.3) is 5.91 Å². The number of rotatable bonds is 4. The van der Waals surface area contributed by atoms with E-state index < -0.39 is 5.41 Å². The first-order valence-electron chi connectivity index (χ1n) is 10.2. The number of fused-ring (bicyclic) bond motifs is 1. The van der Waals surface area contributed by atoms with E-state index in [1.54, 1.807) is 11.9 Å². The molecule has 0 N–H and O–H groups in total. The minimum Gasteiger partial charge on any atom is -0.467 e. The van der Waals surface area contributed by atoms with Gasteiger partial charge in [0, 0.05) is 58.3 Å². The SMILES string of the molecule is COc1nc(C(=O)N2C[C@H]3COC[C@@]3(C(=O)N3CCN(C(C)C)CC3)C2)nn1C. The van der Waals surface area contributed by atoms with Crippen molar-refractivity contribution in [2.24, 2.45) is 18.4 Å². The van der Waals surface area contributed by atoms with E-state index in [4.69, 9.17) is 9.47 Å². The summed E-state index contributed by atoms with van der Waals surface area (Å²) in [6, 6.07) is 0.764. The Balaban J connectivity index is 1.48. The van der Waals surface area contributed by atoms with Crippen LogP contribution in [0.15, 0.2) is 0 Å². The van der Waals surface area contributed by atoms with Crippen molar-refractivity contribution in [3.8, 4) is 6.01 Å². The summed E-state index contributed by atoms with van der Waals surface area (Å²) in [7, 11) is 3.17. The summed E-state index contributed by atoms with van der Waals surface area (Å²) < 4.78 is 12.3. The molecule has 3 saturated heterocycles. The number of hydrogen-bond donors (Lipinski definition) is 0. The second-order valence-corrected chi connectivity index (χ2v) is 8.52. The second-order valence-electron chi connectivity index (χ2n) is 8.52. The highest BCUT2D eigenvalue weighted by molar-refractivity contribution is 5.92. The van der Waals surface area contributed by atoms with Crippen LogP contribution in [0.2, 0.25) is 0 Å². The fourth-order valence-corrected chi connectivity index (χ4v) is 4.73. The third-order valence-corrected chi connectivity index (χ3v) is 6.52. The fourth-order valence-electron chi connectivity index (χ4n) is 4.73. The zero-order chi connectivity index (χ0) is 20.8.